The van der Waals surface area contributed by atoms with Gasteiger partial charge in [0.05, 0.1) is 18.4 Å². The van der Waals surface area contributed by atoms with Gasteiger partial charge in [0.15, 0.2) is 5.82 Å². The van der Waals surface area contributed by atoms with Crippen LogP contribution < -0.4 is 10.1 Å². The summed E-state index contributed by atoms with van der Waals surface area (Å²) in [6.45, 7) is 1.82. The van der Waals surface area contributed by atoms with Crippen molar-refractivity contribution in [1.82, 2.24) is 19.8 Å². The largest absolute Gasteiger partial charge is 0.495 e. The highest BCUT2D eigenvalue weighted by Gasteiger charge is 2.16. The molecule has 2 heterocycles. The number of halogens is 1. The van der Waals surface area contributed by atoms with Gasteiger partial charge in [0.1, 0.15) is 16.6 Å². The van der Waals surface area contributed by atoms with Crippen LogP contribution in [-0.2, 0) is 0 Å². The predicted octanol–water partition coefficient (Wildman–Crippen LogP) is 3.56. The molecular formula is C18H14FN5O2S. The van der Waals surface area contributed by atoms with Gasteiger partial charge in [-0.2, -0.15) is 9.61 Å². The SMILES string of the molecule is COc1ccc(-c2nn3c(C)nnc3s2)cc1NC(=O)c1ccccc1F. The Morgan fingerprint density at radius 3 is 2.78 bits per heavy atom. The highest BCUT2D eigenvalue weighted by molar-refractivity contribution is 7.19. The summed E-state index contributed by atoms with van der Waals surface area (Å²) in [7, 11) is 1.50. The molecule has 4 aromatic rings. The van der Waals surface area contributed by atoms with Crippen molar-refractivity contribution in [3.63, 3.8) is 0 Å². The van der Waals surface area contributed by atoms with E-state index in [0.29, 0.717) is 27.2 Å². The van der Waals surface area contributed by atoms with Crippen LogP contribution in [0.5, 0.6) is 5.75 Å². The third-order valence-electron chi connectivity index (χ3n) is 3.96. The highest BCUT2D eigenvalue weighted by atomic mass is 32.1. The van der Waals surface area contributed by atoms with Crippen molar-refractivity contribution in [2.75, 3.05) is 12.4 Å². The Hall–Kier alpha value is -3.33. The number of methoxy groups -OCH3 is 1. The van der Waals surface area contributed by atoms with Crippen molar-refractivity contribution in [3.8, 4) is 16.3 Å². The minimum Gasteiger partial charge on any atom is -0.495 e. The van der Waals surface area contributed by atoms with Crippen LogP contribution in [0.4, 0.5) is 10.1 Å². The number of hydrogen-bond donors (Lipinski definition) is 1. The molecule has 0 atom stereocenters. The van der Waals surface area contributed by atoms with Crippen LogP contribution in [0.2, 0.25) is 0 Å². The highest BCUT2D eigenvalue weighted by Crippen LogP contribution is 2.33. The van der Waals surface area contributed by atoms with E-state index in [-0.39, 0.29) is 5.56 Å². The molecule has 136 valence electrons. The van der Waals surface area contributed by atoms with Crippen LogP contribution in [0.1, 0.15) is 16.2 Å². The Labute approximate surface area is 157 Å². The van der Waals surface area contributed by atoms with Crippen molar-refractivity contribution in [1.29, 1.82) is 0 Å². The van der Waals surface area contributed by atoms with Gasteiger partial charge < -0.3 is 10.1 Å². The molecule has 27 heavy (non-hydrogen) atoms. The van der Waals surface area contributed by atoms with Crippen LogP contribution in [-0.4, -0.2) is 32.8 Å². The standard InChI is InChI=1S/C18H14FN5O2S/c1-10-21-22-18-24(10)23-17(27-18)11-7-8-15(26-2)14(9-11)20-16(25)12-5-3-4-6-13(12)19/h3-9H,1-2H3,(H,20,25). The van der Waals surface area contributed by atoms with Crippen LogP contribution in [0, 0.1) is 12.7 Å². The maximum Gasteiger partial charge on any atom is 0.258 e. The fraction of sp³-hybridized carbons (Fsp3) is 0.111. The Morgan fingerprint density at radius 1 is 1.22 bits per heavy atom. The van der Waals surface area contributed by atoms with E-state index in [2.05, 4.69) is 20.6 Å². The van der Waals surface area contributed by atoms with Crippen LogP contribution in [0.25, 0.3) is 15.5 Å². The number of aryl methyl sites for hydroxylation is 1. The second-order valence-electron chi connectivity index (χ2n) is 5.70. The van der Waals surface area contributed by atoms with Crippen LogP contribution in [0.3, 0.4) is 0 Å². The molecule has 0 radical (unpaired) electrons. The molecule has 0 saturated heterocycles. The van der Waals surface area contributed by atoms with Gasteiger partial charge in [-0.3, -0.25) is 4.79 Å². The molecule has 0 aliphatic carbocycles. The Kier molecular flexibility index (Phi) is 4.28. The lowest BCUT2D eigenvalue weighted by molar-refractivity contribution is 0.102. The van der Waals surface area contributed by atoms with Gasteiger partial charge in [-0.25, -0.2) is 4.39 Å². The molecule has 1 amide bonds. The maximum atomic E-state index is 13.9. The minimum atomic E-state index is -0.589. The number of carbonyl (C=O) groups excluding carboxylic acids is 1. The zero-order chi connectivity index (χ0) is 19.0. The van der Waals surface area contributed by atoms with E-state index in [4.69, 9.17) is 4.74 Å². The molecular weight excluding hydrogens is 369 g/mol. The van der Waals surface area contributed by atoms with Gasteiger partial charge in [-0.05, 0) is 37.3 Å². The summed E-state index contributed by atoms with van der Waals surface area (Å²) < 4.78 is 20.8. The summed E-state index contributed by atoms with van der Waals surface area (Å²) in [6.07, 6.45) is 0. The van der Waals surface area contributed by atoms with Gasteiger partial charge in [0, 0.05) is 5.56 Å². The maximum absolute atomic E-state index is 13.9. The molecule has 0 spiro atoms. The van der Waals surface area contributed by atoms with Crippen molar-refractivity contribution in [2.24, 2.45) is 0 Å². The Morgan fingerprint density at radius 2 is 2.04 bits per heavy atom. The normalized spacial score (nSPS) is 10.9. The molecule has 0 aliphatic heterocycles. The van der Waals surface area contributed by atoms with E-state index < -0.39 is 11.7 Å². The van der Waals surface area contributed by atoms with Gasteiger partial charge in [0.2, 0.25) is 4.96 Å². The number of rotatable bonds is 4. The fourth-order valence-corrected chi connectivity index (χ4v) is 3.49. The van der Waals surface area contributed by atoms with E-state index in [9.17, 15) is 9.18 Å². The molecule has 4 rings (SSSR count). The third-order valence-corrected chi connectivity index (χ3v) is 4.91. The van der Waals surface area contributed by atoms with E-state index >= 15 is 0 Å². The minimum absolute atomic E-state index is 0.0422. The summed E-state index contributed by atoms with van der Waals surface area (Å²) >= 11 is 1.38. The molecule has 0 saturated carbocycles. The van der Waals surface area contributed by atoms with Crippen LogP contribution >= 0.6 is 11.3 Å². The third kappa shape index (κ3) is 3.13. The van der Waals surface area contributed by atoms with Gasteiger partial charge >= 0.3 is 0 Å². The molecule has 9 heteroatoms. The number of amides is 1. The second kappa shape index (κ2) is 6.76. The first kappa shape index (κ1) is 17.1. The average molecular weight is 383 g/mol. The number of ether oxygens (including phenoxy) is 1. The number of aromatic nitrogens is 4. The number of carbonyl (C=O) groups is 1. The monoisotopic (exact) mass is 383 g/mol. The number of hydrogen-bond acceptors (Lipinski definition) is 6. The first-order valence-corrected chi connectivity index (χ1v) is 8.81. The number of benzene rings is 2. The molecule has 2 aromatic heterocycles. The first-order valence-electron chi connectivity index (χ1n) is 8.00. The second-order valence-corrected chi connectivity index (χ2v) is 6.65. The molecule has 2 aromatic carbocycles. The average Bonchev–Trinajstić information content (AvgIpc) is 3.24. The predicted molar refractivity (Wildman–Crippen MR) is 99.7 cm³/mol. The van der Waals surface area contributed by atoms with Gasteiger partial charge in [-0.15, -0.1) is 10.2 Å². The molecule has 7 nitrogen and oxygen atoms in total. The zero-order valence-electron chi connectivity index (χ0n) is 14.4. The fourth-order valence-electron chi connectivity index (χ4n) is 2.61. The lowest BCUT2D eigenvalue weighted by Gasteiger charge is -2.11. The Balaban J connectivity index is 1.70. The molecule has 0 aliphatic rings. The Bertz CT molecular complexity index is 1150. The summed E-state index contributed by atoms with van der Waals surface area (Å²) in [5.74, 6) is 0.00323. The van der Waals surface area contributed by atoms with E-state index in [1.165, 1.54) is 36.6 Å². The zero-order valence-corrected chi connectivity index (χ0v) is 15.2. The van der Waals surface area contributed by atoms with E-state index in [0.717, 1.165) is 5.56 Å². The van der Waals surface area contributed by atoms with E-state index in [1.54, 1.807) is 22.7 Å². The lowest BCUT2D eigenvalue weighted by atomic mass is 10.1. The lowest BCUT2D eigenvalue weighted by Crippen LogP contribution is -2.14. The number of nitrogens with zero attached hydrogens (tertiary/aromatic N) is 4. The van der Waals surface area contributed by atoms with Gasteiger partial charge in [-0.1, -0.05) is 23.5 Å². The molecule has 0 bridgehead atoms. The smallest absolute Gasteiger partial charge is 0.258 e. The number of nitrogens with one attached hydrogen (secondary N) is 1. The summed E-state index contributed by atoms with van der Waals surface area (Å²) in [4.78, 5) is 13.1. The first-order chi connectivity index (χ1) is 13.1. The van der Waals surface area contributed by atoms with Crippen molar-refractivity contribution < 1.29 is 13.9 Å². The topological polar surface area (TPSA) is 81.4 Å². The van der Waals surface area contributed by atoms with E-state index in [1.807, 2.05) is 13.0 Å². The summed E-state index contributed by atoms with van der Waals surface area (Å²) in [5.41, 5.74) is 1.15. The molecule has 1 N–H and O–H groups in total. The van der Waals surface area contributed by atoms with Crippen molar-refractivity contribution >= 4 is 27.9 Å². The summed E-state index contributed by atoms with van der Waals surface area (Å²) in [6, 6.07) is 11.1. The molecule has 0 unspecified atom stereocenters. The van der Waals surface area contributed by atoms with Crippen molar-refractivity contribution in [2.45, 2.75) is 6.92 Å². The van der Waals surface area contributed by atoms with Crippen molar-refractivity contribution in [3.05, 3.63) is 59.7 Å². The number of anilines is 1. The molecule has 0 fully saturated rings. The number of fused-ring (bicyclic) bond motifs is 1. The van der Waals surface area contributed by atoms with Crippen LogP contribution in [0.15, 0.2) is 42.5 Å². The van der Waals surface area contributed by atoms with Gasteiger partial charge in [0.25, 0.3) is 5.91 Å². The quantitative estimate of drug-likeness (QED) is 0.583. The summed E-state index contributed by atoms with van der Waals surface area (Å²) in [5, 5.41) is 15.9.